The van der Waals surface area contributed by atoms with Gasteiger partial charge in [-0.2, -0.15) is 0 Å². The maximum absolute atomic E-state index is 5.42. The van der Waals surface area contributed by atoms with Crippen molar-refractivity contribution in [2.75, 3.05) is 26.3 Å². The largest absolute Gasteiger partial charge is 0.380 e. The molecule has 2 fully saturated rings. The summed E-state index contributed by atoms with van der Waals surface area (Å²) < 4.78 is 5.42. The molecule has 0 aliphatic carbocycles. The first-order chi connectivity index (χ1) is 6.09. The number of hydrogen-bond acceptors (Lipinski definition) is 2. The number of hydrogen-bond donors (Lipinski definition) is 0. The van der Waals surface area contributed by atoms with Crippen LogP contribution in [-0.4, -0.2) is 42.1 Å². The molecule has 3 heteroatoms. The lowest BCUT2D eigenvalue weighted by Gasteiger charge is -2.24. The Bertz CT molecular complexity index is 189. The van der Waals surface area contributed by atoms with Crippen molar-refractivity contribution in [1.82, 2.24) is 4.90 Å². The number of likely N-dealkylation sites (tertiary alicyclic amines) is 1. The molecule has 0 radical (unpaired) electrons. The van der Waals surface area contributed by atoms with Gasteiger partial charge in [-0.1, -0.05) is 29.8 Å². The van der Waals surface area contributed by atoms with Crippen LogP contribution >= 0.6 is 15.9 Å². The average Bonchev–Trinajstić information content (AvgIpc) is 2.60. The second kappa shape index (κ2) is 3.52. The Morgan fingerprint density at radius 1 is 1.46 bits per heavy atom. The molecule has 2 heterocycles. The first-order valence-electron chi connectivity index (χ1n) is 5.05. The summed E-state index contributed by atoms with van der Waals surface area (Å²) in [5, 5.41) is 0. The minimum atomic E-state index is 0.419. The second-order valence-corrected chi connectivity index (χ2v) is 6.01. The molecule has 0 N–H and O–H groups in total. The van der Waals surface area contributed by atoms with Crippen molar-refractivity contribution >= 4 is 15.9 Å². The third-order valence-corrected chi connectivity index (χ3v) is 4.80. The van der Waals surface area contributed by atoms with Crippen LogP contribution in [0.15, 0.2) is 0 Å². The predicted octanol–water partition coefficient (Wildman–Crippen LogP) is 1.88. The smallest absolute Gasteiger partial charge is 0.0622 e. The molecule has 13 heavy (non-hydrogen) atoms. The lowest BCUT2D eigenvalue weighted by molar-refractivity contribution is 0.152. The van der Waals surface area contributed by atoms with Crippen molar-refractivity contribution in [3.63, 3.8) is 0 Å². The van der Waals surface area contributed by atoms with E-state index in [0.29, 0.717) is 16.3 Å². The monoisotopic (exact) mass is 247 g/mol. The van der Waals surface area contributed by atoms with E-state index in [0.717, 1.165) is 13.2 Å². The predicted molar refractivity (Wildman–Crippen MR) is 57.3 cm³/mol. The quantitative estimate of drug-likeness (QED) is 0.657. The molecule has 0 amide bonds. The molecule has 2 nitrogen and oxygen atoms in total. The zero-order valence-electron chi connectivity index (χ0n) is 8.42. The third kappa shape index (κ3) is 1.92. The zero-order chi connectivity index (χ0) is 9.47. The summed E-state index contributed by atoms with van der Waals surface area (Å²) >= 11 is 3.76. The first-order valence-corrected chi connectivity index (χ1v) is 5.97. The third-order valence-electron chi connectivity index (χ3n) is 3.28. The summed E-state index contributed by atoms with van der Waals surface area (Å²) in [5.41, 5.74) is 0.419. The van der Waals surface area contributed by atoms with E-state index in [-0.39, 0.29) is 0 Å². The van der Waals surface area contributed by atoms with Gasteiger partial charge in [-0.25, -0.2) is 0 Å². The van der Waals surface area contributed by atoms with Gasteiger partial charge in [0.05, 0.1) is 6.61 Å². The Balaban J connectivity index is 1.96. The standard InChI is InChI=1S/C10H18BrNO/c1-10(2)7-12(5-9(10)11)8-3-4-13-6-8/h8-9H,3-7H2,1-2H3. The van der Waals surface area contributed by atoms with Gasteiger partial charge in [0.15, 0.2) is 0 Å². The summed E-state index contributed by atoms with van der Waals surface area (Å²) in [4.78, 5) is 3.22. The summed E-state index contributed by atoms with van der Waals surface area (Å²) in [5.74, 6) is 0. The topological polar surface area (TPSA) is 12.5 Å². The van der Waals surface area contributed by atoms with Gasteiger partial charge in [0.2, 0.25) is 0 Å². The zero-order valence-corrected chi connectivity index (χ0v) is 10.0. The number of halogens is 1. The molecule has 0 aromatic carbocycles. The Kier molecular flexibility index (Phi) is 2.69. The normalized spacial score (nSPS) is 39.9. The van der Waals surface area contributed by atoms with Crippen molar-refractivity contribution in [3.05, 3.63) is 0 Å². The number of rotatable bonds is 1. The van der Waals surface area contributed by atoms with E-state index >= 15 is 0 Å². The summed E-state index contributed by atoms with van der Waals surface area (Å²) in [6.07, 6.45) is 1.22. The maximum atomic E-state index is 5.42. The highest BCUT2D eigenvalue weighted by Gasteiger charge is 2.40. The van der Waals surface area contributed by atoms with Crippen LogP contribution in [0.5, 0.6) is 0 Å². The van der Waals surface area contributed by atoms with Gasteiger partial charge in [0, 0.05) is 30.6 Å². The van der Waals surface area contributed by atoms with E-state index < -0.39 is 0 Å². The average molecular weight is 248 g/mol. The molecule has 0 saturated carbocycles. The molecule has 2 rings (SSSR count). The van der Waals surface area contributed by atoms with Crippen molar-refractivity contribution in [2.45, 2.75) is 31.1 Å². The molecule has 0 bridgehead atoms. The lowest BCUT2D eigenvalue weighted by atomic mass is 9.93. The van der Waals surface area contributed by atoms with Gasteiger partial charge in [0.1, 0.15) is 0 Å². The van der Waals surface area contributed by atoms with E-state index in [4.69, 9.17) is 4.74 Å². The van der Waals surface area contributed by atoms with Crippen molar-refractivity contribution in [2.24, 2.45) is 5.41 Å². The Morgan fingerprint density at radius 3 is 2.69 bits per heavy atom. The minimum absolute atomic E-state index is 0.419. The van der Waals surface area contributed by atoms with E-state index in [1.54, 1.807) is 0 Å². The fourth-order valence-corrected chi connectivity index (χ4v) is 2.74. The molecule has 2 aliphatic rings. The molecule has 2 saturated heterocycles. The SMILES string of the molecule is CC1(C)CN(C2CCOC2)CC1Br. The number of alkyl halides is 1. The Labute approximate surface area is 88.8 Å². The Hall–Kier alpha value is 0.400. The molecule has 0 aromatic rings. The van der Waals surface area contributed by atoms with Gasteiger partial charge in [-0.15, -0.1) is 0 Å². The van der Waals surface area contributed by atoms with E-state index in [9.17, 15) is 0 Å². The van der Waals surface area contributed by atoms with Crippen LogP contribution in [0.25, 0.3) is 0 Å². The highest BCUT2D eigenvalue weighted by atomic mass is 79.9. The molecule has 2 aliphatic heterocycles. The van der Waals surface area contributed by atoms with E-state index in [1.165, 1.54) is 19.5 Å². The number of ether oxygens (including phenoxy) is 1. The van der Waals surface area contributed by atoms with Crippen LogP contribution in [0, 0.1) is 5.41 Å². The van der Waals surface area contributed by atoms with Crippen molar-refractivity contribution < 1.29 is 4.74 Å². The fourth-order valence-electron chi connectivity index (χ4n) is 2.23. The summed E-state index contributed by atoms with van der Waals surface area (Å²) in [7, 11) is 0. The van der Waals surface area contributed by atoms with Crippen LogP contribution in [0.2, 0.25) is 0 Å². The first kappa shape index (κ1) is 9.94. The van der Waals surface area contributed by atoms with Gasteiger partial charge in [-0.05, 0) is 11.8 Å². The number of nitrogens with zero attached hydrogens (tertiary/aromatic N) is 1. The highest BCUT2D eigenvalue weighted by molar-refractivity contribution is 9.09. The molecule has 2 atom stereocenters. The molecule has 0 aromatic heterocycles. The van der Waals surface area contributed by atoms with Gasteiger partial charge >= 0.3 is 0 Å². The lowest BCUT2D eigenvalue weighted by Crippen LogP contribution is -2.34. The fraction of sp³-hybridized carbons (Fsp3) is 1.00. The second-order valence-electron chi connectivity index (χ2n) is 4.90. The van der Waals surface area contributed by atoms with Crippen molar-refractivity contribution in [3.8, 4) is 0 Å². The summed E-state index contributed by atoms with van der Waals surface area (Å²) in [6.45, 7) is 8.95. The highest BCUT2D eigenvalue weighted by Crippen LogP contribution is 2.36. The van der Waals surface area contributed by atoms with E-state index in [2.05, 4.69) is 34.7 Å². The van der Waals surface area contributed by atoms with Gasteiger partial charge < -0.3 is 4.74 Å². The molecule has 76 valence electrons. The molecular weight excluding hydrogens is 230 g/mol. The molecular formula is C10H18BrNO. The van der Waals surface area contributed by atoms with Gasteiger partial charge in [-0.3, -0.25) is 4.90 Å². The summed E-state index contributed by atoms with van der Waals surface area (Å²) in [6, 6.07) is 0.682. The van der Waals surface area contributed by atoms with Crippen molar-refractivity contribution in [1.29, 1.82) is 0 Å². The van der Waals surface area contributed by atoms with E-state index in [1.807, 2.05) is 0 Å². The molecule has 2 unspecified atom stereocenters. The molecule has 0 spiro atoms. The van der Waals surface area contributed by atoms with Gasteiger partial charge in [0.25, 0.3) is 0 Å². The van der Waals surface area contributed by atoms with Crippen LogP contribution in [-0.2, 0) is 4.74 Å². The van der Waals surface area contributed by atoms with Crippen LogP contribution < -0.4 is 0 Å². The Morgan fingerprint density at radius 2 is 2.23 bits per heavy atom. The van der Waals surface area contributed by atoms with Crippen LogP contribution in [0.4, 0.5) is 0 Å². The van der Waals surface area contributed by atoms with Crippen LogP contribution in [0.1, 0.15) is 20.3 Å². The van der Waals surface area contributed by atoms with Crippen LogP contribution in [0.3, 0.4) is 0 Å². The maximum Gasteiger partial charge on any atom is 0.0622 e. The minimum Gasteiger partial charge on any atom is -0.380 e.